The van der Waals surface area contributed by atoms with E-state index < -0.39 is 11.4 Å². The molecule has 27 heavy (non-hydrogen) atoms. The van der Waals surface area contributed by atoms with Crippen LogP contribution >= 0.6 is 0 Å². The number of ether oxygens (including phenoxy) is 1. The van der Waals surface area contributed by atoms with Crippen LogP contribution in [0.3, 0.4) is 0 Å². The normalized spacial score (nSPS) is 12.8. The minimum Gasteiger partial charge on any atom is -0.494 e. The van der Waals surface area contributed by atoms with E-state index in [0.717, 1.165) is 16.4 Å². The van der Waals surface area contributed by atoms with Gasteiger partial charge in [-0.15, -0.1) is 6.58 Å². The van der Waals surface area contributed by atoms with Crippen molar-refractivity contribution in [3.63, 3.8) is 0 Å². The van der Waals surface area contributed by atoms with Crippen LogP contribution in [0.4, 0.5) is 5.82 Å². The summed E-state index contributed by atoms with van der Waals surface area (Å²) in [5.41, 5.74) is 0.548. The lowest BCUT2D eigenvalue weighted by Crippen LogP contribution is -2.22. The number of hydroxylamine groups is 1. The number of hydrogen-bond acceptors (Lipinski definition) is 5. The van der Waals surface area contributed by atoms with Crippen LogP contribution in [0.15, 0.2) is 61.3 Å². The number of carboxylic acid groups (broad SMARTS) is 1. The molecule has 144 valence electrons. The number of allylic oxidation sites excluding steroid dienone is 1. The maximum Gasteiger partial charge on any atom is 0.304 e. The Hall–Kier alpha value is -2.86. The molecule has 0 amide bonds. The molecule has 0 radical (unpaired) electrons. The highest BCUT2D eigenvalue weighted by molar-refractivity contribution is 5.68. The Morgan fingerprint density at radius 3 is 2.63 bits per heavy atom. The standard InChI is InChI=1S/C21H26N2O4/c1-3-21(2,16-20(24)25)15-17-8-10-18(11-9-17)27-14-6-13-23(26)19-7-4-5-12-22-19/h3-5,7-12,26H,1,6,13-16H2,2H3,(H,24,25). The van der Waals surface area contributed by atoms with Gasteiger partial charge in [-0.1, -0.05) is 31.2 Å². The summed E-state index contributed by atoms with van der Waals surface area (Å²) < 4.78 is 5.70. The molecule has 1 atom stereocenters. The van der Waals surface area contributed by atoms with Crippen molar-refractivity contribution in [1.82, 2.24) is 4.98 Å². The van der Waals surface area contributed by atoms with Gasteiger partial charge in [-0.25, -0.2) is 10.0 Å². The SMILES string of the molecule is C=CC(C)(CC(=O)O)Cc1ccc(OCCCN(O)c2ccccn2)cc1. The van der Waals surface area contributed by atoms with Crippen LogP contribution in [0.1, 0.15) is 25.3 Å². The maximum absolute atomic E-state index is 11.0. The van der Waals surface area contributed by atoms with E-state index in [4.69, 9.17) is 9.84 Å². The largest absolute Gasteiger partial charge is 0.494 e. The molecule has 2 N–H and O–H groups in total. The third-order valence-corrected chi connectivity index (χ3v) is 4.28. The Kier molecular flexibility index (Phi) is 7.37. The molecular weight excluding hydrogens is 344 g/mol. The zero-order valence-corrected chi connectivity index (χ0v) is 15.5. The van der Waals surface area contributed by atoms with Crippen LogP contribution in [-0.2, 0) is 11.2 Å². The number of carbonyl (C=O) groups is 1. The lowest BCUT2D eigenvalue weighted by Gasteiger charge is -2.23. The molecule has 1 aromatic carbocycles. The predicted molar refractivity (Wildman–Crippen MR) is 104 cm³/mol. The maximum atomic E-state index is 11.0. The summed E-state index contributed by atoms with van der Waals surface area (Å²) in [5, 5.41) is 20.1. The fourth-order valence-corrected chi connectivity index (χ4v) is 2.75. The van der Waals surface area contributed by atoms with Gasteiger partial charge in [-0.2, -0.15) is 0 Å². The molecular formula is C21H26N2O4. The van der Waals surface area contributed by atoms with Crippen molar-refractivity contribution in [2.75, 3.05) is 18.2 Å². The van der Waals surface area contributed by atoms with E-state index in [1.807, 2.05) is 37.3 Å². The van der Waals surface area contributed by atoms with Gasteiger partial charge in [0.1, 0.15) is 5.75 Å². The van der Waals surface area contributed by atoms with E-state index in [2.05, 4.69) is 11.6 Å². The van der Waals surface area contributed by atoms with E-state index in [9.17, 15) is 10.0 Å². The molecule has 0 saturated carbocycles. The summed E-state index contributed by atoms with van der Waals surface area (Å²) in [6.07, 6.45) is 4.62. The van der Waals surface area contributed by atoms with Crippen LogP contribution in [0.5, 0.6) is 5.75 Å². The molecule has 6 heteroatoms. The van der Waals surface area contributed by atoms with Crippen LogP contribution in [-0.4, -0.2) is 34.4 Å². The van der Waals surface area contributed by atoms with Gasteiger partial charge in [0.05, 0.1) is 19.6 Å². The minimum absolute atomic E-state index is 0.0443. The van der Waals surface area contributed by atoms with Gasteiger partial charge in [0.15, 0.2) is 5.82 Å². The fourth-order valence-electron chi connectivity index (χ4n) is 2.75. The average molecular weight is 370 g/mol. The van der Waals surface area contributed by atoms with Crippen molar-refractivity contribution in [2.45, 2.75) is 26.2 Å². The Bertz CT molecular complexity index is 734. The molecule has 2 aromatic rings. The lowest BCUT2D eigenvalue weighted by atomic mass is 9.81. The summed E-state index contributed by atoms with van der Waals surface area (Å²) in [7, 11) is 0. The second-order valence-electron chi connectivity index (χ2n) is 6.76. The van der Waals surface area contributed by atoms with Crippen LogP contribution in [0.25, 0.3) is 0 Å². The van der Waals surface area contributed by atoms with Crippen LogP contribution in [0.2, 0.25) is 0 Å². The van der Waals surface area contributed by atoms with Crippen molar-refractivity contribution in [3.05, 3.63) is 66.9 Å². The predicted octanol–water partition coefficient (Wildman–Crippen LogP) is 3.96. The average Bonchev–Trinajstić information content (AvgIpc) is 2.66. The third kappa shape index (κ3) is 6.75. The number of aromatic nitrogens is 1. The van der Waals surface area contributed by atoms with E-state index in [1.165, 1.54) is 0 Å². The first kappa shape index (κ1) is 20.5. The molecule has 0 spiro atoms. The van der Waals surface area contributed by atoms with Crippen molar-refractivity contribution < 1.29 is 19.8 Å². The number of anilines is 1. The zero-order chi connectivity index (χ0) is 19.7. The topological polar surface area (TPSA) is 82.9 Å². The van der Waals surface area contributed by atoms with Crippen molar-refractivity contribution in [1.29, 1.82) is 0 Å². The molecule has 0 bridgehead atoms. The summed E-state index contributed by atoms with van der Waals surface area (Å²) in [6, 6.07) is 13.0. The highest BCUT2D eigenvalue weighted by atomic mass is 16.5. The van der Waals surface area contributed by atoms with Gasteiger partial charge >= 0.3 is 5.97 Å². The van der Waals surface area contributed by atoms with Crippen molar-refractivity contribution >= 4 is 11.8 Å². The monoisotopic (exact) mass is 370 g/mol. The first-order chi connectivity index (χ1) is 12.9. The molecule has 0 saturated heterocycles. The van der Waals surface area contributed by atoms with Crippen LogP contribution < -0.4 is 9.80 Å². The first-order valence-corrected chi connectivity index (χ1v) is 8.86. The van der Waals surface area contributed by atoms with Gasteiger partial charge < -0.3 is 9.84 Å². The van der Waals surface area contributed by atoms with Crippen LogP contribution in [0, 0.1) is 5.41 Å². The van der Waals surface area contributed by atoms with E-state index in [-0.39, 0.29) is 6.42 Å². The first-order valence-electron chi connectivity index (χ1n) is 8.86. The smallest absolute Gasteiger partial charge is 0.304 e. The van der Waals surface area contributed by atoms with Gasteiger partial charge in [0.25, 0.3) is 0 Å². The second kappa shape index (κ2) is 9.73. The fraction of sp³-hybridized carbons (Fsp3) is 0.333. The Morgan fingerprint density at radius 1 is 1.30 bits per heavy atom. The highest BCUT2D eigenvalue weighted by Gasteiger charge is 2.24. The van der Waals surface area contributed by atoms with E-state index in [0.29, 0.717) is 31.8 Å². The number of hydrogen-bond donors (Lipinski definition) is 2. The lowest BCUT2D eigenvalue weighted by molar-refractivity contribution is -0.138. The quantitative estimate of drug-likeness (QED) is 0.354. The molecule has 1 heterocycles. The molecule has 0 aliphatic heterocycles. The molecule has 0 fully saturated rings. The van der Waals surface area contributed by atoms with Gasteiger partial charge in [0, 0.05) is 12.6 Å². The van der Waals surface area contributed by atoms with E-state index in [1.54, 1.807) is 24.4 Å². The molecule has 1 aromatic heterocycles. The number of nitrogens with zero attached hydrogens (tertiary/aromatic N) is 2. The summed E-state index contributed by atoms with van der Waals surface area (Å²) in [6.45, 7) is 6.54. The highest BCUT2D eigenvalue weighted by Crippen LogP contribution is 2.28. The number of rotatable bonds is 11. The molecule has 0 aliphatic rings. The van der Waals surface area contributed by atoms with E-state index >= 15 is 0 Å². The molecule has 6 nitrogen and oxygen atoms in total. The summed E-state index contributed by atoms with van der Waals surface area (Å²) in [4.78, 5) is 15.1. The molecule has 1 unspecified atom stereocenters. The van der Waals surface area contributed by atoms with Gasteiger partial charge in [-0.05, 0) is 41.7 Å². The van der Waals surface area contributed by atoms with Crippen molar-refractivity contribution in [2.24, 2.45) is 5.41 Å². The summed E-state index contributed by atoms with van der Waals surface area (Å²) >= 11 is 0. The zero-order valence-electron chi connectivity index (χ0n) is 15.5. The van der Waals surface area contributed by atoms with Crippen molar-refractivity contribution in [3.8, 4) is 5.75 Å². The molecule has 0 aliphatic carbocycles. The second-order valence-corrected chi connectivity index (χ2v) is 6.76. The van der Waals surface area contributed by atoms with Gasteiger partial charge in [0.2, 0.25) is 0 Å². The van der Waals surface area contributed by atoms with Gasteiger partial charge in [-0.3, -0.25) is 10.0 Å². The third-order valence-electron chi connectivity index (χ3n) is 4.28. The minimum atomic E-state index is -0.832. The number of benzene rings is 1. The molecule has 2 rings (SSSR count). The Labute approximate surface area is 159 Å². The Balaban J connectivity index is 1.78. The number of pyridine rings is 1. The summed E-state index contributed by atoms with van der Waals surface area (Å²) in [5.74, 6) is 0.411. The number of aliphatic carboxylic acids is 1. The Morgan fingerprint density at radius 2 is 2.04 bits per heavy atom. The number of carboxylic acids is 1.